The first-order valence-corrected chi connectivity index (χ1v) is 9.60. The highest BCUT2D eigenvalue weighted by atomic mass is 35.5. The van der Waals surface area contributed by atoms with Crippen molar-refractivity contribution in [3.05, 3.63) is 65.0 Å². The predicted octanol–water partition coefficient (Wildman–Crippen LogP) is 4.03. The van der Waals surface area contributed by atoms with Crippen LogP contribution in [0.1, 0.15) is 11.5 Å². The number of benzene rings is 2. The highest BCUT2D eigenvalue weighted by Crippen LogP contribution is 2.20. The fourth-order valence-electron chi connectivity index (χ4n) is 2.16. The number of aryl methyl sites for hydroxylation is 1. The molecule has 130 valence electrons. The zero-order valence-corrected chi connectivity index (χ0v) is 15.2. The van der Waals surface area contributed by atoms with Gasteiger partial charge in [0.2, 0.25) is 11.7 Å². The maximum Gasteiger partial charge on any atom is 0.239 e. The summed E-state index contributed by atoms with van der Waals surface area (Å²) < 4.78 is 22.9. The Morgan fingerprint density at radius 3 is 2.76 bits per heavy atom. The average molecular weight is 377 g/mol. The van der Waals surface area contributed by atoms with E-state index in [-0.39, 0.29) is 5.75 Å². The molecule has 1 unspecified atom stereocenters. The van der Waals surface area contributed by atoms with Crippen LogP contribution in [0.2, 0.25) is 5.02 Å². The molecule has 3 aromatic rings. The first-order valence-electron chi connectivity index (χ1n) is 7.73. The Morgan fingerprint density at radius 2 is 2.00 bits per heavy atom. The number of ether oxygens (including phenoxy) is 1. The largest absolute Gasteiger partial charge is 0.493 e. The van der Waals surface area contributed by atoms with Crippen LogP contribution in [0.25, 0.3) is 11.4 Å². The van der Waals surface area contributed by atoms with Crippen molar-refractivity contribution < 1.29 is 13.5 Å². The third-order valence-electron chi connectivity index (χ3n) is 3.44. The molecule has 0 fully saturated rings. The SMILES string of the molecule is Cc1ccc(OCCS(=O)Cc2nc(-c3cccc(Cl)c3)no2)cc1. The lowest BCUT2D eigenvalue weighted by molar-refractivity contribution is 0.342. The molecular weight excluding hydrogens is 360 g/mol. The number of nitrogens with zero attached hydrogens (tertiary/aromatic N) is 2. The number of aromatic nitrogens is 2. The molecular formula is C18H17ClN2O3S. The molecule has 2 aromatic carbocycles. The number of halogens is 1. The quantitative estimate of drug-likeness (QED) is 0.623. The Bertz CT molecular complexity index is 865. The van der Waals surface area contributed by atoms with Crippen LogP contribution in [0.3, 0.4) is 0 Å². The maximum absolute atomic E-state index is 12.1. The molecule has 0 aliphatic carbocycles. The molecule has 1 atom stereocenters. The maximum atomic E-state index is 12.1. The van der Waals surface area contributed by atoms with E-state index >= 15 is 0 Å². The minimum atomic E-state index is -1.14. The molecule has 0 aliphatic heterocycles. The first-order chi connectivity index (χ1) is 12.1. The first kappa shape index (κ1) is 17.6. The molecule has 0 amide bonds. The van der Waals surface area contributed by atoms with Crippen molar-refractivity contribution in [1.29, 1.82) is 0 Å². The third-order valence-corrected chi connectivity index (χ3v) is 4.86. The van der Waals surface area contributed by atoms with Crippen LogP contribution in [0.5, 0.6) is 5.75 Å². The molecule has 0 N–H and O–H groups in total. The van der Waals surface area contributed by atoms with Crippen LogP contribution >= 0.6 is 11.6 Å². The number of hydrogen-bond acceptors (Lipinski definition) is 5. The third kappa shape index (κ3) is 5.14. The van der Waals surface area contributed by atoms with Crippen molar-refractivity contribution in [1.82, 2.24) is 10.1 Å². The van der Waals surface area contributed by atoms with E-state index in [1.54, 1.807) is 12.1 Å². The second kappa shape index (κ2) is 8.27. The van der Waals surface area contributed by atoms with Gasteiger partial charge in [-0.05, 0) is 31.2 Å². The Labute approximate surface area is 153 Å². The molecule has 0 spiro atoms. The zero-order chi connectivity index (χ0) is 17.6. The summed E-state index contributed by atoms with van der Waals surface area (Å²) in [7, 11) is -1.14. The van der Waals surface area contributed by atoms with Gasteiger partial charge in [0.25, 0.3) is 0 Å². The van der Waals surface area contributed by atoms with Crippen LogP contribution in [-0.2, 0) is 16.6 Å². The van der Waals surface area contributed by atoms with E-state index in [2.05, 4.69) is 10.1 Å². The van der Waals surface area contributed by atoms with Crippen molar-refractivity contribution in [3.63, 3.8) is 0 Å². The van der Waals surface area contributed by atoms with Crippen LogP contribution < -0.4 is 4.74 Å². The summed E-state index contributed by atoms with van der Waals surface area (Å²) >= 11 is 5.95. The summed E-state index contributed by atoms with van der Waals surface area (Å²) in [5.41, 5.74) is 1.93. The topological polar surface area (TPSA) is 65.2 Å². The predicted molar refractivity (Wildman–Crippen MR) is 98.1 cm³/mol. The lowest BCUT2D eigenvalue weighted by atomic mass is 10.2. The van der Waals surface area contributed by atoms with E-state index < -0.39 is 10.8 Å². The normalized spacial score (nSPS) is 12.1. The Morgan fingerprint density at radius 1 is 1.20 bits per heavy atom. The molecule has 5 nitrogen and oxygen atoms in total. The minimum absolute atomic E-state index is 0.199. The van der Waals surface area contributed by atoms with Gasteiger partial charge in [-0.2, -0.15) is 4.98 Å². The van der Waals surface area contributed by atoms with Crippen LogP contribution in [0, 0.1) is 6.92 Å². The van der Waals surface area contributed by atoms with E-state index in [0.29, 0.717) is 29.1 Å². The van der Waals surface area contributed by atoms with Crippen LogP contribution in [-0.4, -0.2) is 26.7 Å². The Balaban J connectivity index is 1.50. The fraction of sp³-hybridized carbons (Fsp3) is 0.222. The molecule has 0 radical (unpaired) electrons. The average Bonchev–Trinajstić information content (AvgIpc) is 3.05. The van der Waals surface area contributed by atoms with Gasteiger partial charge in [-0.3, -0.25) is 4.21 Å². The Hall–Kier alpha value is -2.18. The smallest absolute Gasteiger partial charge is 0.239 e. The molecule has 0 aliphatic rings. The monoisotopic (exact) mass is 376 g/mol. The molecule has 25 heavy (non-hydrogen) atoms. The van der Waals surface area contributed by atoms with Gasteiger partial charge in [0.15, 0.2) is 0 Å². The van der Waals surface area contributed by atoms with E-state index in [1.165, 1.54) is 5.56 Å². The molecule has 0 bridgehead atoms. The highest BCUT2D eigenvalue weighted by Gasteiger charge is 2.12. The standard InChI is InChI=1S/C18H17ClN2O3S/c1-13-5-7-16(8-6-13)23-9-10-25(22)12-17-20-18(21-24-17)14-3-2-4-15(19)11-14/h2-8,11H,9-10,12H2,1H3. The molecule has 0 saturated heterocycles. The summed E-state index contributed by atoms with van der Waals surface area (Å²) in [6.45, 7) is 2.38. The van der Waals surface area contributed by atoms with Crippen molar-refractivity contribution in [2.75, 3.05) is 12.4 Å². The fourth-order valence-corrected chi connectivity index (χ4v) is 3.15. The number of hydrogen-bond donors (Lipinski definition) is 0. The molecule has 1 heterocycles. The summed E-state index contributed by atoms with van der Waals surface area (Å²) in [5, 5.41) is 4.50. The number of rotatable bonds is 7. The van der Waals surface area contributed by atoms with Crippen molar-refractivity contribution in [3.8, 4) is 17.1 Å². The van der Waals surface area contributed by atoms with Crippen molar-refractivity contribution >= 4 is 22.4 Å². The van der Waals surface area contributed by atoms with Gasteiger partial charge in [-0.25, -0.2) is 0 Å². The summed E-state index contributed by atoms with van der Waals surface area (Å²) in [6.07, 6.45) is 0. The molecule has 3 rings (SSSR count). The van der Waals surface area contributed by atoms with E-state index in [4.69, 9.17) is 20.9 Å². The summed E-state index contributed by atoms with van der Waals surface area (Å²) in [4.78, 5) is 4.27. The highest BCUT2D eigenvalue weighted by molar-refractivity contribution is 7.84. The van der Waals surface area contributed by atoms with Gasteiger partial charge in [-0.15, -0.1) is 0 Å². The van der Waals surface area contributed by atoms with Crippen molar-refractivity contribution in [2.24, 2.45) is 0 Å². The van der Waals surface area contributed by atoms with Gasteiger partial charge >= 0.3 is 0 Å². The minimum Gasteiger partial charge on any atom is -0.493 e. The van der Waals surface area contributed by atoms with Gasteiger partial charge in [-0.1, -0.05) is 46.6 Å². The van der Waals surface area contributed by atoms with Crippen LogP contribution in [0.15, 0.2) is 53.1 Å². The summed E-state index contributed by atoms with van der Waals surface area (Å²) in [6, 6.07) is 14.9. The van der Waals surface area contributed by atoms with Gasteiger partial charge < -0.3 is 9.26 Å². The second-order valence-electron chi connectivity index (χ2n) is 5.47. The van der Waals surface area contributed by atoms with E-state index in [1.807, 2.05) is 43.3 Å². The van der Waals surface area contributed by atoms with Gasteiger partial charge in [0.05, 0.1) is 12.4 Å². The Kier molecular flexibility index (Phi) is 5.83. The lowest BCUT2D eigenvalue weighted by Crippen LogP contribution is -2.10. The summed E-state index contributed by atoms with van der Waals surface area (Å²) in [5.74, 6) is 2.13. The van der Waals surface area contributed by atoms with E-state index in [0.717, 1.165) is 11.3 Å². The van der Waals surface area contributed by atoms with Gasteiger partial charge in [0, 0.05) is 21.4 Å². The second-order valence-corrected chi connectivity index (χ2v) is 7.48. The van der Waals surface area contributed by atoms with Gasteiger partial charge in [0.1, 0.15) is 11.5 Å². The molecule has 1 aromatic heterocycles. The zero-order valence-electron chi connectivity index (χ0n) is 13.6. The lowest BCUT2D eigenvalue weighted by Gasteiger charge is -2.05. The van der Waals surface area contributed by atoms with Crippen LogP contribution in [0.4, 0.5) is 0 Å². The van der Waals surface area contributed by atoms with Crippen molar-refractivity contribution in [2.45, 2.75) is 12.7 Å². The molecule has 7 heteroatoms. The van der Waals surface area contributed by atoms with E-state index in [9.17, 15) is 4.21 Å². The molecule has 0 saturated carbocycles.